The number of para-hydroxylation sites is 1. The highest BCUT2D eigenvalue weighted by molar-refractivity contribution is 6.46. The summed E-state index contributed by atoms with van der Waals surface area (Å²) in [6, 6.07) is 18.7. The van der Waals surface area contributed by atoms with Crippen LogP contribution in [0.3, 0.4) is 0 Å². The second-order valence-electron chi connectivity index (χ2n) is 7.93. The van der Waals surface area contributed by atoms with Crippen LogP contribution in [0.1, 0.15) is 22.3 Å². The lowest BCUT2D eigenvalue weighted by molar-refractivity contribution is -0.137. The third kappa shape index (κ3) is 4.02. The summed E-state index contributed by atoms with van der Waals surface area (Å²) in [5, 5.41) is 0. The van der Waals surface area contributed by atoms with E-state index in [4.69, 9.17) is 0 Å². The lowest BCUT2D eigenvalue weighted by Gasteiger charge is -2.22. The molecule has 0 unspecified atom stereocenters. The van der Waals surface area contributed by atoms with E-state index in [1.54, 1.807) is 18.0 Å². The summed E-state index contributed by atoms with van der Waals surface area (Å²) < 4.78 is 39.0. The van der Waals surface area contributed by atoms with Gasteiger partial charge >= 0.3 is 6.18 Å². The molecule has 3 aromatic rings. The van der Waals surface area contributed by atoms with E-state index in [1.165, 1.54) is 0 Å². The van der Waals surface area contributed by atoms with E-state index in [0.29, 0.717) is 11.3 Å². The van der Waals surface area contributed by atoms with E-state index in [1.807, 2.05) is 56.3 Å². The predicted molar refractivity (Wildman–Crippen MR) is 122 cm³/mol. The molecule has 0 aromatic heterocycles. The number of hydrogen-bond donors (Lipinski definition) is 0. The van der Waals surface area contributed by atoms with Crippen molar-refractivity contribution in [2.45, 2.75) is 20.0 Å². The first-order chi connectivity index (χ1) is 15.6. The number of alkyl halides is 3. The standard InChI is InChI=1S/C26H21F3N2O2/c1-16-9-14-21(17(2)15-16)22-23(30(3)19-7-5-4-6-8-19)25(33)31(24(22)32)20-12-10-18(11-13-20)26(27,28)29/h4-15H,1-3H3. The van der Waals surface area contributed by atoms with Crippen LogP contribution in [0.25, 0.3) is 5.57 Å². The van der Waals surface area contributed by atoms with Gasteiger partial charge in [0.05, 0.1) is 16.8 Å². The third-order valence-electron chi connectivity index (χ3n) is 5.64. The SMILES string of the molecule is Cc1ccc(C2=C(N(C)c3ccccc3)C(=O)N(c3ccc(C(F)(F)F)cc3)C2=O)c(C)c1. The number of aryl methyl sites for hydroxylation is 2. The molecule has 33 heavy (non-hydrogen) atoms. The fraction of sp³-hybridized carbons (Fsp3) is 0.154. The van der Waals surface area contributed by atoms with Crippen molar-refractivity contribution in [3.8, 4) is 0 Å². The molecule has 0 atom stereocenters. The number of likely N-dealkylation sites (N-methyl/N-ethyl adjacent to an activating group) is 1. The fourth-order valence-electron chi connectivity index (χ4n) is 3.98. The highest BCUT2D eigenvalue weighted by Crippen LogP contribution is 2.38. The number of imide groups is 1. The molecule has 1 aliphatic heterocycles. The summed E-state index contributed by atoms with van der Waals surface area (Å²) in [4.78, 5) is 29.7. The number of amides is 2. The Balaban J connectivity index is 1.86. The second-order valence-corrected chi connectivity index (χ2v) is 7.93. The van der Waals surface area contributed by atoms with Gasteiger partial charge in [0.15, 0.2) is 0 Å². The third-order valence-corrected chi connectivity index (χ3v) is 5.64. The van der Waals surface area contributed by atoms with Gasteiger partial charge in [0, 0.05) is 12.7 Å². The molecule has 2 amide bonds. The Kier molecular flexibility index (Phi) is 5.57. The molecule has 0 saturated heterocycles. The minimum Gasteiger partial charge on any atom is -0.339 e. The molecule has 0 aliphatic carbocycles. The maximum atomic E-state index is 13.6. The quantitative estimate of drug-likeness (QED) is 0.476. The van der Waals surface area contributed by atoms with Crippen molar-refractivity contribution in [3.05, 3.63) is 101 Å². The monoisotopic (exact) mass is 450 g/mol. The Bertz CT molecular complexity index is 1260. The highest BCUT2D eigenvalue weighted by Gasteiger charge is 2.42. The Morgan fingerprint density at radius 2 is 1.45 bits per heavy atom. The highest BCUT2D eigenvalue weighted by atomic mass is 19.4. The Labute approximate surface area is 189 Å². The van der Waals surface area contributed by atoms with E-state index in [0.717, 1.165) is 40.3 Å². The smallest absolute Gasteiger partial charge is 0.339 e. The first-order valence-corrected chi connectivity index (χ1v) is 10.3. The zero-order valence-electron chi connectivity index (χ0n) is 18.3. The van der Waals surface area contributed by atoms with Gasteiger partial charge < -0.3 is 4.90 Å². The molecular formula is C26H21F3N2O2. The van der Waals surface area contributed by atoms with Gasteiger partial charge in [-0.15, -0.1) is 0 Å². The Morgan fingerprint density at radius 1 is 0.818 bits per heavy atom. The van der Waals surface area contributed by atoms with Crippen LogP contribution in [-0.2, 0) is 15.8 Å². The molecule has 3 aromatic carbocycles. The molecule has 4 nitrogen and oxygen atoms in total. The van der Waals surface area contributed by atoms with Crippen LogP contribution in [-0.4, -0.2) is 18.9 Å². The maximum Gasteiger partial charge on any atom is 0.416 e. The topological polar surface area (TPSA) is 40.6 Å². The molecule has 0 bridgehead atoms. The van der Waals surface area contributed by atoms with Crippen LogP contribution >= 0.6 is 0 Å². The van der Waals surface area contributed by atoms with Gasteiger partial charge in [-0.1, -0.05) is 42.0 Å². The van der Waals surface area contributed by atoms with Crippen LogP contribution in [0.15, 0.2) is 78.5 Å². The number of carbonyl (C=O) groups excluding carboxylic acids is 2. The number of anilines is 2. The second kappa shape index (κ2) is 8.24. The molecule has 1 heterocycles. The van der Waals surface area contributed by atoms with Gasteiger partial charge in [-0.3, -0.25) is 9.59 Å². The molecule has 0 radical (unpaired) electrons. The number of carbonyl (C=O) groups is 2. The largest absolute Gasteiger partial charge is 0.416 e. The van der Waals surface area contributed by atoms with Crippen LogP contribution in [0.4, 0.5) is 24.5 Å². The fourth-order valence-corrected chi connectivity index (χ4v) is 3.98. The van der Waals surface area contributed by atoms with E-state index >= 15 is 0 Å². The Morgan fingerprint density at radius 3 is 2.03 bits per heavy atom. The van der Waals surface area contributed by atoms with Crippen LogP contribution < -0.4 is 9.80 Å². The molecular weight excluding hydrogens is 429 g/mol. The normalized spacial score (nSPS) is 14.3. The van der Waals surface area contributed by atoms with Gasteiger partial charge in [-0.2, -0.15) is 13.2 Å². The minimum absolute atomic E-state index is 0.0803. The number of benzene rings is 3. The first kappa shape index (κ1) is 22.3. The zero-order valence-corrected chi connectivity index (χ0v) is 18.3. The van der Waals surface area contributed by atoms with Crippen LogP contribution in [0, 0.1) is 13.8 Å². The van der Waals surface area contributed by atoms with Crippen molar-refractivity contribution in [3.63, 3.8) is 0 Å². The number of hydrogen-bond acceptors (Lipinski definition) is 3. The van der Waals surface area contributed by atoms with Gasteiger partial charge in [-0.05, 0) is 61.4 Å². The summed E-state index contributed by atoms with van der Waals surface area (Å²) in [5.74, 6) is -1.18. The molecule has 168 valence electrons. The summed E-state index contributed by atoms with van der Waals surface area (Å²) in [6.45, 7) is 3.78. The number of halogens is 3. The maximum absolute atomic E-state index is 13.6. The van der Waals surface area contributed by atoms with Gasteiger partial charge in [0.25, 0.3) is 11.8 Å². The van der Waals surface area contributed by atoms with E-state index in [-0.39, 0.29) is 17.0 Å². The Hall–Kier alpha value is -3.87. The molecule has 0 fully saturated rings. The van der Waals surface area contributed by atoms with Crippen molar-refractivity contribution in [2.24, 2.45) is 0 Å². The van der Waals surface area contributed by atoms with Crippen LogP contribution in [0.5, 0.6) is 0 Å². The lowest BCUT2D eigenvalue weighted by Crippen LogP contribution is -2.34. The molecule has 1 aliphatic rings. The summed E-state index contributed by atoms with van der Waals surface area (Å²) in [6.07, 6.45) is -4.52. The minimum atomic E-state index is -4.52. The zero-order chi connectivity index (χ0) is 23.9. The van der Waals surface area contributed by atoms with Gasteiger partial charge in [0.2, 0.25) is 0 Å². The molecule has 0 saturated carbocycles. The summed E-state index contributed by atoms with van der Waals surface area (Å²) >= 11 is 0. The molecule has 4 rings (SSSR count). The molecule has 0 N–H and O–H groups in total. The summed E-state index contributed by atoms with van der Waals surface area (Å²) in [7, 11) is 1.69. The van der Waals surface area contributed by atoms with E-state index in [9.17, 15) is 22.8 Å². The van der Waals surface area contributed by atoms with Crippen molar-refractivity contribution in [1.82, 2.24) is 0 Å². The average Bonchev–Trinajstić information content (AvgIpc) is 3.03. The lowest BCUT2D eigenvalue weighted by atomic mass is 9.97. The predicted octanol–water partition coefficient (Wildman–Crippen LogP) is 5.74. The average molecular weight is 450 g/mol. The van der Waals surface area contributed by atoms with Crippen molar-refractivity contribution in [2.75, 3.05) is 16.8 Å². The van der Waals surface area contributed by atoms with Crippen molar-refractivity contribution < 1.29 is 22.8 Å². The summed E-state index contributed by atoms with van der Waals surface area (Å²) in [5.41, 5.74) is 2.73. The van der Waals surface area contributed by atoms with E-state index in [2.05, 4.69) is 0 Å². The van der Waals surface area contributed by atoms with Crippen molar-refractivity contribution >= 4 is 28.8 Å². The van der Waals surface area contributed by atoms with Crippen LogP contribution in [0.2, 0.25) is 0 Å². The van der Waals surface area contributed by atoms with Gasteiger partial charge in [-0.25, -0.2) is 4.90 Å². The van der Waals surface area contributed by atoms with E-state index < -0.39 is 23.6 Å². The van der Waals surface area contributed by atoms with Gasteiger partial charge in [0.1, 0.15) is 5.70 Å². The number of rotatable bonds is 4. The number of nitrogens with zero attached hydrogens (tertiary/aromatic N) is 2. The van der Waals surface area contributed by atoms with Crippen molar-refractivity contribution in [1.29, 1.82) is 0 Å². The first-order valence-electron chi connectivity index (χ1n) is 10.3. The molecule has 7 heteroatoms. The molecule has 0 spiro atoms.